The second-order valence-corrected chi connectivity index (χ2v) is 16.1. The van der Waals surface area contributed by atoms with Crippen molar-refractivity contribution in [3.05, 3.63) is 130 Å². The summed E-state index contributed by atoms with van der Waals surface area (Å²) in [5, 5.41) is 7.81. The minimum absolute atomic E-state index is 0.173. The third kappa shape index (κ3) is 5.89. The quantitative estimate of drug-likeness (QED) is 0.185. The smallest absolute Gasteiger partial charge is 0.137 e. The molecular formula is C45H48N4O. The zero-order valence-corrected chi connectivity index (χ0v) is 31.4. The fourth-order valence-corrected chi connectivity index (χ4v) is 7.58. The van der Waals surface area contributed by atoms with Crippen molar-refractivity contribution in [1.29, 1.82) is 0 Å². The highest BCUT2D eigenvalue weighted by Gasteiger charge is 2.34. The maximum atomic E-state index is 6.73. The number of fused-ring (bicyclic) bond motifs is 3. The summed E-state index contributed by atoms with van der Waals surface area (Å²) in [4.78, 5) is 4.76. The molecule has 0 saturated carbocycles. The zero-order chi connectivity index (χ0) is 35.7. The van der Waals surface area contributed by atoms with Crippen LogP contribution in [0.4, 0.5) is 0 Å². The molecule has 0 spiro atoms. The normalized spacial score (nSPS) is 12.3. The Labute approximate surface area is 296 Å². The number of benzene rings is 4. The van der Waals surface area contributed by atoms with Crippen LogP contribution in [0.2, 0.25) is 0 Å². The molecule has 5 nitrogen and oxygen atoms in total. The van der Waals surface area contributed by atoms with Crippen molar-refractivity contribution in [2.45, 2.75) is 87.0 Å². The number of rotatable bonds is 5. The van der Waals surface area contributed by atoms with Gasteiger partial charge < -0.3 is 4.74 Å². The molecule has 7 rings (SSSR count). The van der Waals surface area contributed by atoms with Crippen molar-refractivity contribution in [2.24, 2.45) is 0 Å². The Morgan fingerprint density at radius 2 is 1.26 bits per heavy atom. The van der Waals surface area contributed by atoms with Crippen molar-refractivity contribution in [3.63, 3.8) is 0 Å². The van der Waals surface area contributed by atoms with Gasteiger partial charge in [-0.2, -0.15) is 5.10 Å². The molecule has 3 aromatic heterocycles. The van der Waals surface area contributed by atoms with Crippen LogP contribution in [0.25, 0.3) is 44.4 Å². The topological polar surface area (TPSA) is 44.9 Å². The third-order valence-corrected chi connectivity index (χ3v) is 9.52. The summed E-state index contributed by atoms with van der Waals surface area (Å²) in [7, 11) is 0. The number of aryl methyl sites for hydroxylation is 5. The maximum Gasteiger partial charge on any atom is 0.137 e. The summed E-state index contributed by atoms with van der Waals surface area (Å²) in [6.45, 7) is 24.5. The van der Waals surface area contributed by atoms with Crippen LogP contribution in [0.5, 0.6) is 11.5 Å². The van der Waals surface area contributed by atoms with Gasteiger partial charge in [-0.15, -0.1) is 0 Å². The van der Waals surface area contributed by atoms with Gasteiger partial charge in [-0.05, 0) is 105 Å². The zero-order valence-electron chi connectivity index (χ0n) is 31.4. The van der Waals surface area contributed by atoms with Gasteiger partial charge in [0.05, 0.1) is 28.1 Å². The molecule has 0 N–H and O–H groups in total. The first-order valence-electron chi connectivity index (χ1n) is 17.6. The lowest BCUT2D eigenvalue weighted by atomic mass is 9.79. The Hall–Kier alpha value is -5.16. The monoisotopic (exact) mass is 660 g/mol. The lowest BCUT2D eigenvalue weighted by Gasteiger charge is -2.26. The van der Waals surface area contributed by atoms with Gasteiger partial charge in [0.25, 0.3) is 0 Å². The van der Waals surface area contributed by atoms with Crippen molar-refractivity contribution in [3.8, 4) is 34.1 Å². The Morgan fingerprint density at radius 1 is 0.580 bits per heavy atom. The molecule has 0 amide bonds. The molecule has 0 fully saturated rings. The van der Waals surface area contributed by atoms with E-state index in [0.717, 1.165) is 50.7 Å². The van der Waals surface area contributed by atoms with Gasteiger partial charge in [-0.25, -0.2) is 9.67 Å². The average Bonchev–Trinajstić information content (AvgIpc) is 3.57. The Bertz CT molecular complexity index is 2400. The fourth-order valence-electron chi connectivity index (χ4n) is 7.58. The molecule has 4 aromatic carbocycles. The molecule has 0 bridgehead atoms. The van der Waals surface area contributed by atoms with Gasteiger partial charge in [0.1, 0.15) is 17.3 Å². The fraction of sp³-hybridized carbons (Fsp3) is 0.289. The summed E-state index contributed by atoms with van der Waals surface area (Å²) >= 11 is 0. The van der Waals surface area contributed by atoms with Crippen LogP contribution in [0.15, 0.2) is 91.1 Å². The predicted molar refractivity (Wildman–Crippen MR) is 209 cm³/mol. The summed E-state index contributed by atoms with van der Waals surface area (Å²) < 4.78 is 11.1. The third-order valence-electron chi connectivity index (χ3n) is 9.52. The Balaban J connectivity index is 1.39. The minimum atomic E-state index is -0.192. The first-order valence-corrected chi connectivity index (χ1v) is 17.6. The van der Waals surface area contributed by atoms with E-state index < -0.39 is 0 Å². The van der Waals surface area contributed by atoms with Crippen molar-refractivity contribution in [1.82, 2.24) is 19.3 Å². The number of para-hydroxylation sites is 1. The Morgan fingerprint density at radius 3 is 1.94 bits per heavy atom. The lowest BCUT2D eigenvalue weighted by molar-refractivity contribution is 0.481. The van der Waals surface area contributed by atoms with E-state index in [2.05, 4.69) is 164 Å². The summed E-state index contributed by atoms with van der Waals surface area (Å²) in [5.41, 5.74) is 13.7. The minimum Gasteiger partial charge on any atom is -0.457 e. The molecule has 0 aliphatic heterocycles. The van der Waals surface area contributed by atoms with E-state index in [1.165, 1.54) is 44.5 Å². The number of nitrogens with zero attached hydrogens (tertiary/aromatic N) is 4. The predicted octanol–water partition coefficient (Wildman–Crippen LogP) is 12.0. The van der Waals surface area contributed by atoms with E-state index in [-0.39, 0.29) is 10.8 Å². The van der Waals surface area contributed by atoms with E-state index in [0.29, 0.717) is 0 Å². The van der Waals surface area contributed by atoms with Crippen LogP contribution in [0.1, 0.15) is 80.7 Å². The molecular weight excluding hydrogens is 613 g/mol. The summed E-state index contributed by atoms with van der Waals surface area (Å²) in [5.74, 6) is 2.43. The van der Waals surface area contributed by atoms with Gasteiger partial charge in [0.2, 0.25) is 0 Å². The van der Waals surface area contributed by atoms with Gasteiger partial charge in [-0.3, -0.25) is 4.57 Å². The SMILES string of the molecule is Cc1cc(Oc2ccc3c4ccccc4n(-c4cc(C)ccn4)c3c2)cc(-n2nc(C(C)(C)C)c(-c3c(C)cc(C)cc3C)c2C(C)(C)C)c1. The molecule has 0 radical (unpaired) electrons. The van der Waals surface area contributed by atoms with Crippen LogP contribution in [0, 0.1) is 34.6 Å². The van der Waals surface area contributed by atoms with Crippen LogP contribution in [0.3, 0.4) is 0 Å². The molecule has 7 aromatic rings. The van der Waals surface area contributed by atoms with Gasteiger partial charge >= 0.3 is 0 Å². The highest BCUT2D eigenvalue weighted by Crippen LogP contribution is 2.44. The van der Waals surface area contributed by atoms with E-state index in [1.807, 2.05) is 12.3 Å². The molecule has 5 heteroatoms. The summed E-state index contributed by atoms with van der Waals surface area (Å²) in [6.07, 6.45) is 1.87. The molecule has 0 unspecified atom stereocenters. The molecule has 0 atom stereocenters. The number of hydrogen-bond acceptors (Lipinski definition) is 3. The van der Waals surface area contributed by atoms with E-state index in [4.69, 9.17) is 14.8 Å². The number of hydrogen-bond donors (Lipinski definition) is 0. The number of aromatic nitrogens is 4. The van der Waals surface area contributed by atoms with E-state index in [1.54, 1.807) is 0 Å². The van der Waals surface area contributed by atoms with Gasteiger partial charge in [0, 0.05) is 45.5 Å². The van der Waals surface area contributed by atoms with Gasteiger partial charge in [-0.1, -0.05) is 77.4 Å². The number of pyridine rings is 1. The van der Waals surface area contributed by atoms with Crippen LogP contribution < -0.4 is 4.74 Å². The maximum absolute atomic E-state index is 6.73. The molecule has 254 valence electrons. The highest BCUT2D eigenvalue weighted by atomic mass is 16.5. The highest BCUT2D eigenvalue weighted by molar-refractivity contribution is 6.09. The summed E-state index contributed by atoms with van der Waals surface area (Å²) in [6, 6.07) is 30.1. The first-order chi connectivity index (χ1) is 23.6. The lowest BCUT2D eigenvalue weighted by Crippen LogP contribution is -2.19. The van der Waals surface area contributed by atoms with E-state index >= 15 is 0 Å². The molecule has 50 heavy (non-hydrogen) atoms. The van der Waals surface area contributed by atoms with Crippen molar-refractivity contribution in [2.75, 3.05) is 0 Å². The molecule has 0 aliphatic rings. The van der Waals surface area contributed by atoms with Crippen LogP contribution in [-0.4, -0.2) is 19.3 Å². The molecule has 0 aliphatic carbocycles. The standard InChI is InChI=1S/C45H48N4O/c1-27-18-19-46-39(24-27)48-37-15-13-12-14-35(37)36-17-16-33(26-38(36)48)50-34-23-29(3)22-32(25-34)49-43(45(9,10)11)41(42(47-49)44(6,7)8)40-30(4)20-28(2)21-31(40)5/h12-26H,1-11H3. The van der Waals surface area contributed by atoms with E-state index in [9.17, 15) is 0 Å². The number of ether oxygens (including phenoxy) is 1. The first kappa shape index (κ1) is 33.3. The average molecular weight is 661 g/mol. The van der Waals surface area contributed by atoms with Crippen LogP contribution >= 0.6 is 0 Å². The van der Waals surface area contributed by atoms with Crippen LogP contribution in [-0.2, 0) is 10.8 Å². The Kier molecular flexibility index (Phi) is 8.01. The second-order valence-electron chi connectivity index (χ2n) is 16.1. The largest absolute Gasteiger partial charge is 0.457 e. The van der Waals surface area contributed by atoms with Crippen molar-refractivity contribution >= 4 is 21.8 Å². The molecule has 3 heterocycles. The van der Waals surface area contributed by atoms with Crippen molar-refractivity contribution < 1.29 is 4.74 Å². The second kappa shape index (κ2) is 12.0. The molecule has 0 saturated heterocycles. The van der Waals surface area contributed by atoms with Gasteiger partial charge in [0.15, 0.2) is 0 Å².